The van der Waals surface area contributed by atoms with Crippen LogP contribution in [-0.2, 0) is 19.1 Å². The van der Waals surface area contributed by atoms with E-state index in [-0.39, 0.29) is 16.8 Å². The highest BCUT2D eigenvalue weighted by Crippen LogP contribution is 2.49. The number of esters is 2. The van der Waals surface area contributed by atoms with E-state index in [0.29, 0.717) is 27.2 Å². The molecule has 1 aliphatic heterocycles. The van der Waals surface area contributed by atoms with Crippen molar-refractivity contribution in [2.45, 2.75) is 6.23 Å². The zero-order chi connectivity index (χ0) is 27.8. The minimum Gasteiger partial charge on any atom is -0.465 e. The fourth-order valence-corrected chi connectivity index (χ4v) is 5.87. The number of amides is 1. The van der Waals surface area contributed by atoms with Crippen LogP contribution in [0.4, 0.5) is 0 Å². The number of para-hydroxylation sites is 1. The molecule has 0 bridgehead atoms. The van der Waals surface area contributed by atoms with Gasteiger partial charge in [-0.15, -0.1) is 0 Å². The van der Waals surface area contributed by atoms with E-state index in [2.05, 4.69) is 0 Å². The van der Waals surface area contributed by atoms with Crippen molar-refractivity contribution in [1.29, 1.82) is 0 Å². The van der Waals surface area contributed by atoms with Gasteiger partial charge < -0.3 is 14.2 Å². The molecule has 0 saturated heterocycles. The Morgan fingerprint density at radius 2 is 1.52 bits per heavy atom. The Labute approximate surface area is 233 Å². The molecule has 3 aromatic carbocycles. The Kier molecular flexibility index (Phi) is 6.49. The SMILES string of the molecule is COC(=O)C1=C(C(=O)OC)N(C(=O)c2ccccc2)C(c2ccc3ccccc3n2)Oc2sc3ccccc3c21. The minimum absolute atomic E-state index is 0.130. The third kappa shape index (κ3) is 4.17. The normalized spacial score (nSPS) is 14.8. The third-order valence-electron chi connectivity index (χ3n) is 6.62. The molecule has 8 nitrogen and oxygen atoms in total. The van der Waals surface area contributed by atoms with Crippen molar-refractivity contribution in [1.82, 2.24) is 9.88 Å². The molecule has 5 aromatic rings. The summed E-state index contributed by atoms with van der Waals surface area (Å²) in [4.78, 5) is 47.3. The lowest BCUT2D eigenvalue weighted by Gasteiger charge is -2.31. The summed E-state index contributed by atoms with van der Waals surface area (Å²) in [6.45, 7) is 0. The van der Waals surface area contributed by atoms with Crippen molar-refractivity contribution in [3.63, 3.8) is 0 Å². The zero-order valence-electron chi connectivity index (χ0n) is 21.5. The smallest absolute Gasteiger partial charge is 0.355 e. The summed E-state index contributed by atoms with van der Waals surface area (Å²) >= 11 is 1.30. The van der Waals surface area contributed by atoms with Crippen molar-refractivity contribution in [2.24, 2.45) is 0 Å². The molecular weight excluding hydrogens is 528 g/mol. The molecule has 40 heavy (non-hydrogen) atoms. The van der Waals surface area contributed by atoms with Crippen LogP contribution in [0.1, 0.15) is 27.8 Å². The monoisotopic (exact) mass is 550 g/mol. The van der Waals surface area contributed by atoms with Gasteiger partial charge in [-0.25, -0.2) is 14.6 Å². The lowest BCUT2D eigenvalue weighted by molar-refractivity contribution is -0.140. The lowest BCUT2D eigenvalue weighted by Crippen LogP contribution is -2.40. The summed E-state index contributed by atoms with van der Waals surface area (Å²) in [5, 5.41) is 1.90. The molecule has 0 N–H and O–H groups in total. The standard InChI is InChI=1S/C31H22N2O6S/c1-37-29(35)25-24-20-13-7-9-15-23(20)40-31(24)39-28(22-17-16-18-10-6-8-14-21(18)32-22)33(26(25)30(36)38-2)27(34)19-11-4-3-5-12-19/h3-17,28H,1-2H3. The predicted molar refractivity (Wildman–Crippen MR) is 151 cm³/mol. The first-order valence-electron chi connectivity index (χ1n) is 12.4. The molecule has 0 aliphatic carbocycles. The van der Waals surface area contributed by atoms with E-state index in [4.69, 9.17) is 19.2 Å². The summed E-state index contributed by atoms with van der Waals surface area (Å²) in [6, 6.07) is 27.0. The first-order chi connectivity index (χ1) is 19.5. The number of nitrogens with zero attached hydrogens (tertiary/aromatic N) is 2. The number of carbonyl (C=O) groups excluding carboxylic acids is 3. The number of benzene rings is 3. The van der Waals surface area contributed by atoms with Gasteiger partial charge >= 0.3 is 11.9 Å². The fourth-order valence-electron chi connectivity index (χ4n) is 4.79. The first kappa shape index (κ1) is 25.3. The van der Waals surface area contributed by atoms with Gasteiger partial charge in [-0.05, 0) is 30.3 Å². The largest absolute Gasteiger partial charge is 0.465 e. The van der Waals surface area contributed by atoms with Crippen LogP contribution in [0.15, 0.2) is 96.7 Å². The molecule has 0 fully saturated rings. The van der Waals surface area contributed by atoms with E-state index in [1.807, 2.05) is 54.6 Å². The van der Waals surface area contributed by atoms with E-state index in [1.54, 1.807) is 36.4 Å². The van der Waals surface area contributed by atoms with Crippen molar-refractivity contribution in [3.05, 3.63) is 114 Å². The number of thiophene rings is 1. The van der Waals surface area contributed by atoms with Crippen LogP contribution in [0.25, 0.3) is 26.6 Å². The molecule has 3 heterocycles. The summed E-state index contributed by atoms with van der Waals surface area (Å²) in [6.07, 6.45) is -1.22. The summed E-state index contributed by atoms with van der Waals surface area (Å²) in [7, 11) is 2.41. The summed E-state index contributed by atoms with van der Waals surface area (Å²) < 4.78 is 17.8. The molecule has 0 spiro atoms. The number of aromatic nitrogens is 1. The first-order valence-corrected chi connectivity index (χ1v) is 13.2. The molecular formula is C31H22N2O6S. The number of rotatable bonds is 4. The Balaban J connectivity index is 1.71. The van der Waals surface area contributed by atoms with Crippen LogP contribution in [0.2, 0.25) is 0 Å². The van der Waals surface area contributed by atoms with Crippen LogP contribution >= 0.6 is 11.3 Å². The Morgan fingerprint density at radius 3 is 2.30 bits per heavy atom. The van der Waals surface area contributed by atoms with Gasteiger partial charge in [-0.3, -0.25) is 9.69 Å². The highest BCUT2D eigenvalue weighted by atomic mass is 32.1. The Hall–Kier alpha value is -5.02. The highest BCUT2D eigenvalue weighted by Gasteiger charge is 2.44. The second kappa shape index (κ2) is 10.3. The molecule has 2 aromatic heterocycles. The number of hydrogen-bond acceptors (Lipinski definition) is 8. The van der Waals surface area contributed by atoms with Gasteiger partial charge in [0.1, 0.15) is 17.0 Å². The second-order valence-electron chi connectivity index (χ2n) is 8.91. The lowest BCUT2D eigenvalue weighted by atomic mass is 10.0. The maximum Gasteiger partial charge on any atom is 0.355 e. The van der Waals surface area contributed by atoms with Crippen molar-refractivity contribution in [2.75, 3.05) is 14.2 Å². The van der Waals surface area contributed by atoms with E-state index in [9.17, 15) is 14.4 Å². The maximum absolute atomic E-state index is 14.3. The summed E-state index contributed by atoms with van der Waals surface area (Å²) in [5.41, 5.74) is 1.23. The molecule has 0 saturated carbocycles. The van der Waals surface area contributed by atoms with Gasteiger partial charge in [0.25, 0.3) is 5.91 Å². The van der Waals surface area contributed by atoms with Gasteiger partial charge in [-0.1, -0.05) is 72.0 Å². The van der Waals surface area contributed by atoms with Crippen molar-refractivity contribution in [3.8, 4) is 5.06 Å². The highest BCUT2D eigenvalue weighted by molar-refractivity contribution is 7.21. The molecule has 1 atom stereocenters. The van der Waals surface area contributed by atoms with E-state index in [0.717, 1.165) is 15.0 Å². The number of hydrogen-bond donors (Lipinski definition) is 0. The van der Waals surface area contributed by atoms with Gasteiger partial charge in [0.2, 0.25) is 6.23 Å². The molecule has 6 rings (SSSR count). The van der Waals surface area contributed by atoms with Gasteiger partial charge in [0, 0.05) is 21.0 Å². The Bertz CT molecular complexity index is 1830. The number of fused-ring (bicyclic) bond motifs is 4. The van der Waals surface area contributed by atoms with Gasteiger partial charge in [0.15, 0.2) is 5.06 Å². The average Bonchev–Trinajstić information content (AvgIpc) is 3.29. The molecule has 0 radical (unpaired) electrons. The number of carbonyl (C=O) groups is 3. The van der Waals surface area contributed by atoms with Gasteiger partial charge in [-0.2, -0.15) is 0 Å². The number of ether oxygens (including phenoxy) is 3. The number of pyridine rings is 1. The van der Waals surface area contributed by atoms with Crippen LogP contribution in [0.5, 0.6) is 5.06 Å². The van der Waals surface area contributed by atoms with E-state index >= 15 is 0 Å². The van der Waals surface area contributed by atoms with Gasteiger partial charge in [0.05, 0.1) is 25.3 Å². The third-order valence-corrected chi connectivity index (χ3v) is 7.69. The molecule has 1 unspecified atom stereocenters. The molecule has 1 aliphatic rings. The zero-order valence-corrected chi connectivity index (χ0v) is 22.3. The van der Waals surface area contributed by atoms with Crippen LogP contribution in [0.3, 0.4) is 0 Å². The van der Waals surface area contributed by atoms with Crippen molar-refractivity contribution < 1.29 is 28.6 Å². The fraction of sp³-hybridized carbons (Fsp3) is 0.0968. The summed E-state index contributed by atoms with van der Waals surface area (Å²) in [5.74, 6) is -2.30. The van der Waals surface area contributed by atoms with Crippen LogP contribution in [-0.4, -0.2) is 41.9 Å². The molecule has 9 heteroatoms. The minimum atomic E-state index is -1.22. The topological polar surface area (TPSA) is 95.0 Å². The quantitative estimate of drug-likeness (QED) is 0.263. The van der Waals surface area contributed by atoms with E-state index in [1.165, 1.54) is 25.6 Å². The molecule has 1 amide bonds. The van der Waals surface area contributed by atoms with Crippen LogP contribution in [0, 0.1) is 0 Å². The second-order valence-corrected chi connectivity index (χ2v) is 9.92. The number of methoxy groups -OCH3 is 2. The molecule has 198 valence electrons. The average molecular weight is 551 g/mol. The van der Waals surface area contributed by atoms with Crippen LogP contribution < -0.4 is 4.74 Å². The van der Waals surface area contributed by atoms with Crippen molar-refractivity contribution >= 4 is 55.7 Å². The van der Waals surface area contributed by atoms with E-state index < -0.39 is 24.1 Å². The maximum atomic E-state index is 14.3. The predicted octanol–water partition coefficient (Wildman–Crippen LogP) is 5.74. The Morgan fingerprint density at radius 1 is 0.825 bits per heavy atom.